The summed E-state index contributed by atoms with van der Waals surface area (Å²) in [5, 5.41) is 14.0. The second-order valence-corrected chi connectivity index (χ2v) is 3.02. The highest BCUT2D eigenvalue weighted by molar-refractivity contribution is 5.91. The molecule has 0 aromatic heterocycles. The van der Waals surface area contributed by atoms with Crippen LogP contribution in [0.25, 0.3) is 22.3 Å². The number of rotatable bonds is 0. The summed E-state index contributed by atoms with van der Waals surface area (Å²) in [7, 11) is 0. The van der Waals surface area contributed by atoms with Gasteiger partial charge in [-0.1, -0.05) is 18.2 Å². The molecule has 2 N–H and O–H groups in total. The minimum Gasteiger partial charge on any atom is -0.277 e. The van der Waals surface area contributed by atoms with Gasteiger partial charge in [-0.3, -0.25) is 9.89 Å². The summed E-state index contributed by atoms with van der Waals surface area (Å²) in [6.07, 6.45) is 0. The van der Waals surface area contributed by atoms with Gasteiger partial charge in [0.05, 0.1) is 5.52 Å². The predicted molar refractivity (Wildman–Crippen MR) is 51.1 cm³/mol. The van der Waals surface area contributed by atoms with E-state index in [4.69, 9.17) is 0 Å². The van der Waals surface area contributed by atoms with Gasteiger partial charge in [-0.2, -0.15) is 10.2 Å². The van der Waals surface area contributed by atoms with Crippen LogP contribution in [-0.2, 0) is 0 Å². The van der Waals surface area contributed by atoms with Crippen LogP contribution < -0.4 is 5.56 Å². The number of H-pyrrole nitrogens is 2. The normalized spacial score (nSPS) is 11.1. The third-order valence-electron chi connectivity index (χ3n) is 2.18. The average molecular weight is 186 g/mol. The molecule has 0 saturated carbocycles. The van der Waals surface area contributed by atoms with Crippen molar-refractivity contribution in [2.24, 2.45) is 0 Å². The summed E-state index contributed by atoms with van der Waals surface area (Å²) in [6.45, 7) is 0. The molecule has 5 heteroatoms. The van der Waals surface area contributed by atoms with Crippen LogP contribution in [0.4, 0.5) is 0 Å². The van der Waals surface area contributed by atoms with Gasteiger partial charge in [0.15, 0.2) is 5.69 Å². The lowest BCUT2D eigenvalue weighted by atomic mass is 10.1. The molecule has 0 aliphatic carbocycles. The van der Waals surface area contributed by atoms with Gasteiger partial charge < -0.3 is 0 Å². The van der Waals surface area contributed by atoms with Crippen LogP contribution in [0.2, 0.25) is 0 Å². The van der Waals surface area contributed by atoms with Gasteiger partial charge in [-0.05, 0) is 6.07 Å². The monoisotopic (exact) mass is 186 g/mol. The first-order chi connectivity index (χ1) is 6.86. The highest BCUT2D eigenvalue weighted by atomic mass is 16.1. The molecule has 2 heterocycles. The van der Waals surface area contributed by atoms with Crippen LogP contribution in [0.3, 0.4) is 0 Å². The quantitative estimate of drug-likeness (QED) is 0.544. The van der Waals surface area contributed by atoms with E-state index < -0.39 is 0 Å². The summed E-state index contributed by atoms with van der Waals surface area (Å²) in [4.78, 5) is 11.2. The molecule has 1 aromatic rings. The fourth-order valence-corrected chi connectivity index (χ4v) is 1.51. The van der Waals surface area contributed by atoms with E-state index in [0.29, 0.717) is 11.4 Å². The number of nitrogens with zero attached hydrogens (tertiary/aromatic N) is 2. The maximum absolute atomic E-state index is 11.2. The maximum atomic E-state index is 11.2. The number of hydrogen-bond donors (Lipinski definition) is 2. The highest BCUT2D eigenvalue weighted by Gasteiger charge is 2.14. The first kappa shape index (κ1) is 7.25. The SMILES string of the molecule is O=c1[nH]nc2c3ccccc3[nH]nc1-2. The Morgan fingerprint density at radius 1 is 1.00 bits per heavy atom. The number of aromatic amines is 2. The van der Waals surface area contributed by atoms with Gasteiger partial charge in [0.2, 0.25) is 0 Å². The second-order valence-electron chi connectivity index (χ2n) is 3.02. The molecule has 3 rings (SSSR count). The van der Waals surface area contributed by atoms with Crippen LogP contribution in [-0.4, -0.2) is 20.4 Å². The van der Waals surface area contributed by atoms with E-state index in [0.717, 1.165) is 10.9 Å². The van der Waals surface area contributed by atoms with Crippen LogP contribution in [0, 0.1) is 0 Å². The van der Waals surface area contributed by atoms with E-state index in [1.165, 1.54) is 0 Å². The molecule has 0 amide bonds. The zero-order valence-electron chi connectivity index (χ0n) is 7.11. The van der Waals surface area contributed by atoms with Crippen LogP contribution in [0.5, 0.6) is 0 Å². The number of fused-ring (bicyclic) bond motifs is 3. The van der Waals surface area contributed by atoms with Crippen molar-refractivity contribution in [2.75, 3.05) is 0 Å². The van der Waals surface area contributed by atoms with Crippen molar-refractivity contribution in [1.82, 2.24) is 20.4 Å². The Balaban J connectivity index is 2.59. The Kier molecular flexibility index (Phi) is 1.25. The minimum absolute atomic E-state index is 0.262. The summed E-state index contributed by atoms with van der Waals surface area (Å²) in [5.41, 5.74) is 1.57. The molecule has 5 nitrogen and oxygen atoms in total. The molecule has 0 unspecified atom stereocenters. The molecule has 0 radical (unpaired) electrons. The minimum atomic E-state index is -0.262. The van der Waals surface area contributed by atoms with Crippen molar-refractivity contribution < 1.29 is 0 Å². The smallest absolute Gasteiger partial charge is 0.277 e. The highest BCUT2D eigenvalue weighted by Crippen LogP contribution is 2.21. The largest absolute Gasteiger partial charge is 0.294 e. The Hall–Kier alpha value is -2.17. The van der Waals surface area contributed by atoms with Crippen LogP contribution in [0.15, 0.2) is 29.1 Å². The van der Waals surface area contributed by atoms with E-state index in [9.17, 15) is 4.79 Å². The zero-order chi connectivity index (χ0) is 9.54. The number of benzene rings is 1. The molecule has 0 fully saturated rings. The summed E-state index contributed by atoms with van der Waals surface area (Å²) >= 11 is 0. The molecule has 0 saturated heterocycles. The van der Waals surface area contributed by atoms with Crippen molar-refractivity contribution in [1.29, 1.82) is 0 Å². The molecule has 2 aliphatic rings. The Morgan fingerprint density at radius 3 is 2.71 bits per heavy atom. The lowest BCUT2D eigenvalue weighted by Crippen LogP contribution is -2.03. The van der Waals surface area contributed by atoms with E-state index in [1.54, 1.807) is 0 Å². The molecule has 0 atom stereocenters. The van der Waals surface area contributed by atoms with Gasteiger partial charge in [0, 0.05) is 5.39 Å². The molecule has 1 aromatic carbocycles. The van der Waals surface area contributed by atoms with Crippen molar-refractivity contribution >= 4 is 10.9 Å². The van der Waals surface area contributed by atoms with Gasteiger partial charge in [0.1, 0.15) is 5.69 Å². The van der Waals surface area contributed by atoms with Gasteiger partial charge in [-0.15, -0.1) is 0 Å². The van der Waals surface area contributed by atoms with E-state index >= 15 is 0 Å². The first-order valence-electron chi connectivity index (χ1n) is 4.18. The summed E-state index contributed by atoms with van der Waals surface area (Å²) in [5.74, 6) is 0. The number of aromatic nitrogens is 4. The second kappa shape index (κ2) is 2.41. The third-order valence-corrected chi connectivity index (χ3v) is 2.18. The van der Waals surface area contributed by atoms with Crippen molar-refractivity contribution in [3.8, 4) is 11.4 Å². The maximum Gasteiger partial charge on any atom is 0.294 e. The fraction of sp³-hybridized carbons (Fsp3) is 0. The molecule has 14 heavy (non-hydrogen) atoms. The van der Waals surface area contributed by atoms with Crippen LogP contribution >= 0.6 is 0 Å². The Morgan fingerprint density at radius 2 is 1.79 bits per heavy atom. The van der Waals surface area contributed by atoms with E-state index in [2.05, 4.69) is 20.4 Å². The van der Waals surface area contributed by atoms with Crippen LogP contribution in [0.1, 0.15) is 0 Å². The Labute approximate surface area is 78.1 Å². The molecular formula is C9H6N4O. The lowest BCUT2D eigenvalue weighted by Gasteiger charge is -1.99. The van der Waals surface area contributed by atoms with Crippen molar-refractivity contribution in [3.63, 3.8) is 0 Å². The van der Waals surface area contributed by atoms with Crippen molar-refractivity contribution in [3.05, 3.63) is 34.6 Å². The number of nitrogens with one attached hydrogen (secondary N) is 2. The Bertz CT molecular complexity index is 624. The molecule has 68 valence electrons. The average Bonchev–Trinajstić information content (AvgIpc) is 2.61. The number of para-hydroxylation sites is 1. The molecule has 0 bridgehead atoms. The molecule has 2 aliphatic heterocycles. The summed E-state index contributed by atoms with van der Waals surface area (Å²) < 4.78 is 0. The predicted octanol–water partition coefficient (Wildman–Crippen LogP) is 0.751. The first-order valence-corrected chi connectivity index (χ1v) is 4.18. The standard InChI is InChI=1S/C9H6N4O/c14-9-8-7(11-13-9)5-3-1-2-4-6(5)10-12-8/h1-4,10H,(H,13,14). The van der Waals surface area contributed by atoms with Gasteiger partial charge >= 0.3 is 0 Å². The lowest BCUT2D eigenvalue weighted by molar-refractivity contribution is 1.07. The molecule has 0 spiro atoms. The zero-order valence-corrected chi connectivity index (χ0v) is 7.11. The number of hydrogen-bond acceptors (Lipinski definition) is 3. The van der Waals surface area contributed by atoms with E-state index in [1.807, 2.05) is 24.3 Å². The van der Waals surface area contributed by atoms with E-state index in [-0.39, 0.29) is 5.56 Å². The molecular weight excluding hydrogens is 180 g/mol. The topological polar surface area (TPSA) is 74.4 Å². The fourth-order valence-electron chi connectivity index (χ4n) is 1.51. The third kappa shape index (κ3) is 0.806. The van der Waals surface area contributed by atoms with Gasteiger partial charge in [-0.25, -0.2) is 5.10 Å². The summed E-state index contributed by atoms with van der Waals surface area (Å²) in [6, 6.07) is 7.59. The van der Waals surface area contributed by atoms with Gasteiger partial charge in [0.25, 0.3) is 5.56 Å². The van der Waals surface area contributed by atoms with Crippen molar-refractivity contribution in [2.45, 2.75) is 0 Å².